The molecule has 0 atom stereocenters. The lowest BCUT2D eigenvalue weighted by molar-refractivity contribution is -0.386. The van der Waals surface area contributed by atoms with Crippen molar-refractivity contribution < 1.29 is 14.1 Å². The molecule has 1 fully saturated rings. The maximum Gasteiger partial charge on any atom is 0.314 e. The number of hydrogen-bond acceptors (Lipinski definition) is 3. The highest BCUT2D eigenvalue weighted by molar-refractivity contribution is 9.09. The highest BCUT2D eigenvalue weighted by atomic mass is 79.9. The molecule has 1 saturated carbocycles. The van der Waals surface area contributed by atoms with Gasteiger partial charge in [0, 0.05) is 16.8 Å². The van der Waals surface area contributed by atoms with Crippen LogP contribution in [0.25, 0.3) is 0 Å². The van der Waals surface area contributed by atoms with Crippen molar-refractivity contribution in [1.29, 1.82) is 0 Å². The van der Waals surface area contributed by atoms with Crippen molar-refractivity contribution in [2.24, 2.45) is 5.41 Å². The van der Waals surface area contributed by atoms with E-state index in [1.54, 1.807) is 0 Å². The maximum atomic E-state index is 13.7. The van der Waals surface area contributed by atoms with Crippen LogP contribution >= 0.6 is 15.9 Å². The Bertz CT molecular complexity index is 475. The number of nitrogens with zero attached hydrogens (tertiary/aromatic N) is 1. The number of hydrogen-bond donors (Lipinski definition) is 0. The Labute approximate surface area is 119 Å². The van der Waals surface area contributed by atoms with Crippen LogP contribution in [0.5, 0.6) is 5.75 Å². The molecule has 0 saturated heterocycles. The summed E-state index contributed by atoms with van der Waals surface area (Å²) >= 11 is 3.47. The molecule has 2 rings (SSSR count). The summed E-state index contributed by atoms with van der Waals surface area (Å²) < 4.78 is 19.1. The van der Waals surface area contributed by atoms with Gasteiger partial charge in [-0.25, -0.2) is 4.39 Å². The van der Waals surface area contributed by atoms with E-state index < -0.39 is 10.7 Å². The first-order valence-electron chi connectivity index (χ1n) is 6.20. The number of benzene rings is 1. The van der Waals surface area contributed by atoms with Gasteiger partial charge < -0.3 is 4.74 Å². The predicted molar refractivity (Wildman–Crippen MR) is 73.2 cm³/mol. The van der Waals surface area contributed by atoms with E-state index in [2.05, 4.69) is 15.9 Å². The third-order valence-electron chi connectivity index (χ3n) is 3.61. The summed E-state index contributed by atoms with van der Waals surface area (Å²) in [5.41, 5.74) is -0.349. The van der Waals surface area contributed by atoms with Gasteiger partial charge in [-0.1, -0.05) is 34.8 Å². The molecule has 4 nitrogen and oxygen atoms in total. The summed E-state index contributed by atoms with van der Waals surface area (Å²) in [7, 11) is 0. The van der Waals surface area contributed by atoms with Crippen LogP contribution < -0.4 is 4.74 Å². The summed E-state index contributed by atoms with van der Waals surface area (Å²) in [5, 5.41) is 11.6. The normalized spacial score (nSPS) is 17.4. The molecule has 1 aromatic rings. The first-order chi connectivity index (χ1) is 9.08. The summed E-state index contributed by atoms with van der Waals surface area (Å²) in [4.78, 5) is 10.3. The quantitative estimate of drug-likeness (QED) is 0.464. The van der Waals surface area contributed by atoms with Crippen LogP contribution in [-0.2, 0) is 0 Å². The van der Waals surface area contributed by atoms with Crippen LogP contribution in [0.4, 0.5) is 10.1 Å². The van der Waals surface area contributed by atoms with Gasteiger partial charge >= 0.3 is 5.69 Å². The average molecular weight is 332 g/mol. The van der Waals surface area contributed by atoms with E-state index in [0.29, 0.717) is 6.61 Å². The third kappa shape index (κ3) is 3.05. The molecule has 1 aliphatic carbocycles. The standard InChI is InChI=1S/C13H15BrFNO3/c14-8-13(6-1-2-7-13)9-19-12-10(15)4-3-5-11(12)16(17)18/h3-5H,1-2,6-9H2. The molecule has 0 spiro atoms. The molecule has 1 aliphatic rings. The molecule has 0 aromatic heterocycles. The van der Waals surface area contributed by atoms with Crippen LogP contribution in [0.2, 0.25) is 0 Å². The average Bonchev–Trinajstić information content (AvgIpc) is 2.86. The van der Waals surface area contributed by atoms with Crippen molar-refractivity contribution in [2.45, 2.75) is 25.7 Å². The smallest absolute Gasteiger partial charge is 0.314 e. The van der Waals surface area contributed by atoms with Gasteiger partial charge in [-0.05, 0) is 18.9 Å². The number of halogens is 2. The molecule has 0 bridgehead atoms. The van der Waals surface area contributed by atoms with E-state index in [1.165, 1.54) is 18.2 Å². The zero-order valence-electron chi connectivity index (χ0n) is 10.4. The summed E-state index contributed by atoms with van der Waals surface area (Å²) in [5.74, 6) is -0.934. The van der Waals surface area contributed by atoms with E-state index in [9.17, 15) is 14.5 Å². The molecular formula is C13H15BrFNO3. The lowest BCUT2D eigenvalue weighted by atomic mass is 9.90. The minimum atomic E-state index is -0.683. The number of para-hydroxylation sites is 1. The Kier molecular flexibility index (Phi) is 4.39. The van der Waals surface area contributed by atoms with Crippen molar-refractivity contribution in [3.8, 4) is 5.75 Å². The lowest BCUT2D eigenvalue weighted by Crippen LogP contribution is -2.27. The van der Waals surface area contributed by atoms with Crippen LogP contribution in [0.3, 0.4) is 0 Å². The third-order valence-corrected chi connectivity index (χ3v) is 4.80. The van der Waals surface area contributed by atoms with Crippen LogP contribution in [0, 0.1) is 21.3 Å². The largest absolute Gasteiger partial charge is 0.484 e. The van der Waals surface area contributed by atoms with Gasteiger partial charge in [0.2, 0.25) is 5.75 Å². The Balaban J connectivity index is 2.17. The summed E-state index contributed by atoms with van der Waals surface area (Å²) in [6, 6.07) is 3.75. The van der Waals surface area contributed by atoms with E-state index in [-0.39, 0.29) is 16.9 Å². The molecule has 6 heteroatoms. The summed E-state index contributed by atoms with van der Waals surface area (Å²) in [6.07, 6.45) is 4.24. The van der Waals surface area contributed by atoms with Crippen molar-refractivity contribution in [3.05, 3.63) is 34.1 Å². The van der Waals surface area contributed by atoms with Gasteiger partial charge in [-0.3, -0.25) is 10.1 Å². The van der Waals surface area contributed by atoms with E-state index in [4.69, 9.17) is 4.74 Å². The molecule has 19 heavy (non-hydrogen) atoms. The fourth-order valence-electron chi connectivity index (χ4n) is 2.45. The Morgan fingerprint density at radius 2 is 2.11 bits per heavy atom. The second-order valence-corrected chi connectivity index (χ2v) is 5.54. The topological polar surface area (TPSA) is 52.4 Å². The number of nitro benzene ring substituents is 1. The van der Waals surface area contributed by atoms with Gasteiger partial charge in [0.05, 0.1) is 11.5 Å². The molecule has 1 aromatic carbocycles. The van der Waals surface area contributed by atoms with E-state index in [0.717, 1.165) is 31.0 Å². The van der Waals surface area contributed by atoms with Crippen LogP contribution in [-0.4, -0.2) is 16.9 Å². The van der Waals surface area contributed by atoms with Gasteiger partial charge in [-0.2, -0.15) is 0 Å². The number of alkyl halides is 1. The van der Waals surface area contributed by atoms with Gasteiger partial charge in [0.25, 0.3) is 0 Å². The molecule has 0 radical (unpaired) electrons. The molecule has 0 heterocycles. The first-order valence-corrected chi connectivity index (χ1v) is 7.32. The van der Waals surface area contributed by atoms with Crippen LogP contribution in [0.15, 0.2) is 18.2 Å². The SMILES string of the molecule is O=[N+]([O-])c1cccc(F)c1OCC1(CBr)CCCC1. The zero-order valence-corrected chi connectivity index (χ0v) is 12.0. The predicted octanol–water partition coefficient (Wildman–Crippen LogP) is 4.07. The fourth-order valence-corrected chi connectivity index (χ4v) is 3.17. The van der Waals surface area contributed by atoms with Gasteiger partial charge in [0.15, 0.2) is 5.82 Å². The highest BCUT2D eigenvalue weighted by Gasteiger charge is 2.34. The van der Waals surface area contributed by atoms with Crippen molar-refractivity contribution in [1.82, 2.24) is 0 Å². The Morgan fingerprint density at radius 3 is 2.68 bits per heavy atom. The second kappa shape index (κ2) is 5.86. The second-order valence-electron chi connectivity index (χ2n) is 4.97. The Morgan fingerprint density at radius 1 is 1.42 bits per heavy atom. The molecular weight excluding hydrogens is 317 g/mol. The maximum absolute atomic E-state index is 13.7. The van der Waals surface area contributed by atoms with Crippen molar-refractivity contribution in [2.75, 3.05) is 11.9 Å². The number of nitro groups is 1. The monoisotopic (exact) mass is 331 g/mol. The first kappa shape index (κ1) is 14.2. The van der Waals surface area contributed by atoms with Crippen molar-refractivity contribution in [3.63, 3.8) is 0 Å². The Hall–Kier alpha value is -1.17. The molecule has 0 aliphatic heterocycles. The summed E-state index contributed by atoms with van der Waals surface area (Å²) in [6.45, 7) is 0.306. The lowest BCUT2D eigenvalue weighted by Gasteiger charge is -2.26. The minimum Gasteiger partial charge on any atom is -0.484 e. The zero-order chi connectivity index (χ0) is 13.9. The number of rotatable bonds is 5. The van der Waals surface area contributed by atoms with Gasteiger partial charge in [-0.15, -0.1) is 0 Å². The highest BCUT2D eigenvalue weighted by Crippen LogP contribution is 2.41. The van der Waals surface area contributed by atoms with E-state index >= 15 is 0 Å². The molecule has 0 N–H and O–H groups in total. The molecule has 0 unspecified atom stereocenters. The minimum absolute atomic E-state index is 0.0316. The van der Waals surface area contributed by atoms with E-state index in [1.807, 2.05) is 0 Å². The molecule has 104 valence electrons. The molecule has 0 amide bonds. The van der Waals surface area contributed by atoms with Crippen LogP contribution in [0.1, 0.15) is 25.7 Å². The number of ether oxygens (including phenoxy) is 1. The fraction of sp³-hybridized carbons (Fsp3) is 0.538. The van der Waals surface area contributed by atoms with Gasteiger partial charge in [0.1, 0.15) is 0 Å². The van der Waals surface area contributed by atoms with Crippen molar-refractivity contribution >= 4 is 21.6 Å².